The number of sulfonamides is 1. The summed E-state index contributed by atoms with van der Waals surface area (Å²) in [5.74, 6) is 0.209. The number of benzene rings is 3. The Morgan fingerprint density at radius 3 is 2.26 bits per heavy atom. The number of amides is 1. The number of anilines is 1. The van der Waals surface area contributed by atoms with E-state index in [9.17, 15) is 13.2 Å². The van der Waals surface area contributed by atoms with E-state index < -0.39 is 22.5 Å². The van der Waals surface area contributed by atoms with Crippen molar-refractivity contribution in [3.05, 3.63) is 87.9 Å². The Bertz CT molecular complexity index is 1240. The lowest BCUT2D eigenvalue weighted by molar-refractivity contribution is -0.119. The van der Waals surface area contributed by atoms with Gasteiger partial charge in [-0.25, -0.2) is 8.42 Å². The van der Waals surface area contributed by atoms with Gasteiger partial charge in [-0.3, -0.25) is 9.10 Å². The Kier molecular flexibility index (Phi) is 8.47. The van der Waals surface area contributed by atoms with Gasteiger partial charge in [0.25, 0.3) is 10.0 Å². The number of hydrogen-bond acceptors (Lipinski definition) is 4. The average molecular weight is 521 g/mol. The maximum atomic E-state index is 13.5. The summed E-state index contributed by atoms with van der Waals surface area (Å²) in [6.45, 7) is 5.48. The first-order valence-corrected chi connectivity index (χ1v) is 12.8. The van der Waals surface area contributed by atoms with Gasteiger partial charge in [-0.05, 0) is 68.8 Å². The van der Waals surface area contributed by atoms with Crippen LogP contribution in [0.5, 0.6) is 5.75 Å². The van der Waals surface area contributed by atoms with Gasteiger partial charge in [-0.15, -0.1) is 0 Å². The minimum absolute atomic E-state index is 0.0231. The van der Waals surface area contributed by atoms with E-state index in [0.29, 0.717) is 5.75 Å². The molecule has 0 aliphatic rings. The van der Waals surface area contributed by atoms with Crippen molar-refractivity contribution in [2.75, 3.05) is 10.8 Å². The predicted molar refractivity (Wildman–Crippen MR) is 136 cm³/mol. The summed E-state index contributed by atoms with van der Waals surface area (Å²) in [5.41, 5.74) is 1.93. The Balaban J connectivity index is 1.84. The maximum Gasteiger partial charge on any atom is 0.264 e. The van der Waals surface area contributed by atoms with Gasteiger partial charge in [-0.1, -0.05) is 53.0 Å². The largest absolute Gasteiger partial charge is 0.491 e. The SMILES string of the molecule is Cc1ccc(S(=O)(=O)N(CC(=O)NCc2cccc(OC(C)C)c2)c2cc(Cl)cc(Cl)c2)cc1. The molecule has 0 atom stereocenters. The third-order valence-corrected chi connectivity index (χ3v) is 7.02. The van der Waals surface area contributed by atoms with Gasteiger partial charge in [0.05, 0.1) is 16.7 Å². The van der Waals surface area contributed by atoms with Crippen molar-refractivity contribution in [3.63, 3.8) is 0 Å². The van der Waals surface area contributed by atoms with Gasteiger partial charge in [-0.2, -0.15) is 0 Å². The average Bonchev–Trinajstić information content (AvgIpc) is 2.75. The molecule has 34 heavy (non-hydrogen) atoms. The lowest BCUT2D eigenvalue weighted by Gasteiger charge is -2.24. The Morgan fingerprint density at radius 1 is 1.00 bits per heavy atom. The smallest absolute Gasteiger partial charge is 0.264 e. The molecule has 0 saturated carbocycles. The van der Waals surface area contributed by atoms with E-state index in [1.807, 2.05) is 45.0 Å². The zero-order valence-corrected chi connectivity index (χ0v) is 21.4. The molecule has 1 amide bonds. The molecular weight excluding hydrogens is 495 g/mol. The monoisotopic (exact) mass is 520 g/mol. The second-order valence-corrected chi connectivity index (χ2v) is 10.8. The zero-order valence-electron chi connectivity index (χ0n) is 19.1. The van der Waals surface area contributed by atoms with Crippen molar-refractivity contribution in [2.45, 2.75) is 38.3 Å². The molecule has 0 radical (unpaired) electrons. The lowest BCUT2D eigenvalue weighted by atomic mass is 10.2. The fraction of sp³-hybridized carbons (Fsp3) is 0.240. The number of nitrogens with one attached hydrogen (secondary N) is 1. The predicted octanol–water partition coefficient (Wildman–Crippen LogP) is 5.60. The van der Waals surface area contributed by atoms with E-state index in [1.54, 1.807) is 12.1 Å². The molecule has 0 aliphatic heterocycles. The summed E-state index contributed by atoms with van der Waals surface area (Å²) in [7, 11) is -4.07. The maximum absolute atomic E-state index is 13.5. The molecule has 9 heteroatoms. The van der Waals surface area contributed by atoms with Crippen LogP contribution in [-0.2, 0) is 21.4 Å². The minimum atomic E-state index is -4.07. The summed E-state index contributed by atoms with van der Waals surface area (Å²) in [6, 6.07) is 18.2. The Labute approximate surface area is 210 Å². The summed E-state index contributed by atoms with van der Waals surface area (Å²) < 4.78 is 33.6. The topological polar surface area (TPSA) is 75.7 Å². The van der Waals surface area contributed by atoms with E-state index in [2.05, 4.69) is 5.32 Å². The molecule has 3 aromatic carbocycles. The van der Waals surface area contributed by atoms with Gasteiger partial charge in [0.15, 0.2) is 0 Å². The van der Waals surface area contributed by atoms with Crippen LogP contribution < -0.4 is 14.4 Å². The number of carbonyl (C=O) groups excluding carboxylic acids is 1. The lowest BCUT2D eigenvalue weighted by Crippen LogP contribution is -2.40. The van der Waals surface area contributed by atoms with Crippen LogP contribution in [0, 0.1) is 6.92 Å². The van der Waals surface area contributed by atoms with Crippen LogP contribution in [0.2, 0.25) is 10.0 Å². The molecule has 1 N–H and O–H groups in total. The highest BCUT2D eigenvalue weighted by Gasteiger charge is 2.27. The molecule has 0 saturated heterocycles. The molecule has 0 bridgehead atoms. The quantitative estimate of drug-likeness (QED) is 0.398. The number of rotatable bonds is 9. The van der Waals surface area contributed by atoms with E-state index in [-0.39, 0.29) is 33.3 Å². The van der Waals surface area contributed by atoms with Crippen LogP contribution in [0.3, 0.4) is 0 Å². The number of nitrogens with zero attached hydrogens (tertiary/aromatic N) is 1. The van der Waals surface area contributed by atoms with E-state index in [4.69, 9.17) is 27.9 Å². The van der Waals surface area contributed by atoms with Crippen molar-refractivity contribution in [3.8, 4) is 5.75 Å². The second kappa shape index (κ2) is 11.1. The first-order chi connectivity index (χ1) is 16.0. The summed E-state index contributed by atoms with van der Waals surface area (Å²) in [4.78, 5) is 12.9. The van der Waals surface area contributed by atoms with Crippen molar-refractivity contribution < 1.29 is 17.9 Å². The number of carbonyl (C=O) groups is 1. The molecule has 0 unspecified atom stereocenters. The molecule has 0 fully saturated rings. The third-order valence-electron chi connectivity index (χ3n) is 4.79. The third kappa shape index (κ3) is 6.88. The van der Waals surface area contributed by atoms with E-state index in [0.717, 1.165) is 15.4 Å². The zero-order chi connectivity index (χ0) is 24.9. The first-order valence-electron chi connectivity index (χ1n) is 10.6. The second-order valence-electron chi connectivity index (χ2n) is 8.04. The molecule has 0 aliphatic carbocycles. The number of ether oxygens (including phenoxy) is 1. The molecule has 180 valence electrons. The van der Waals surface area contributed by atoms with Crippen molar-refractivity contribution >= 4 is 44.8 Å². The Morgan fingerprint density at radius 2 is 1.65 bits per heavy atom. The summed E-state index contributed by atoms with van der Waals surface area (Å²) >= 11 is 12.2. The van der Waals surface area contributed by atoms with Gasteiger partial charge < -0.3 is 10.1 Å². The number of aryl methyl sites for hydroxylation is 1. The van der Waals surface area contributed by atoms with Gasteiger partial charge >= 0.3 is 0 Å². The number of hydrogen-bond donors (Lipinski definition) is 1. The first kappa shape index (κ1) is 25.9. The fourth-order valence-electron chi connectivity index (χ4n) is 3.22. The highest BCUT2D eigenvalue weighted by molar-refractivity contribution is 7.92. The molecular formula is C25H26Cl2N2O4S. The summed E-state index contributed by atoms with van der Waals surface area (Å²) in [6.07, 6.45) is 0.0231. The van der Waals surface area contributed by atoms with Crippen molar-refractivity contribution in [1.29, 1.82) is 0 Å². The van der Waals surface area contributed by atoms with Crippen molar-refractivity contribution in [1.82, 2.24) is 5.32 Å². The van der Waals surface area contributed by atoms with Crippen LogP contribution in [0.25, 0.3) is 0 Å². The highest BCUT2D eigenvalue weighted by Crippen LogP contribution is 2.29. The van der Waals surface area contributed by atoms with Crippen LogP contribution in [-0.4, -0.2) is 27.0 Å². The number of halogens is 2. The standard InChI is InChI=1S/C25H26Cl2N2O4S/c1-17(2)33-23-6-4-5-19(11-23)15-28-25(30)16-29(22-13-20(26)12-21(27)14-22)34(31,32)24-9-7-18(3)8-10-24/h4-14,17H,15-16H2,1-3H3,(H,28,30). The van der Waals surface area contributed by atoms with Gasteiger partial charge in [0, 0.05) is 16.6 Å². The van der Waals surface area contributed by atoms with Crippen LogP contribution >= 0.6 is 23.2 Å². The Hall–Kier alpha value is -2.74. The molecule has 6 nitrogen and oxygen atoms in total. The van der Waals surface area contributed by atoms with Crippen LogP contribution in [0.4, 0.5) is 5.69 Å². The normalized spacial score (nSPS) is 11.4. The van der Waals surface area contributed by atoms with E-state index >= 15 is 0 Å². The van der Waals surface area contributed by atoms with E-state index in [1.165, 1.54) is 30.3 Å². The molecule has 0 aromatic heterocycles. The van der Waals surface area contributed by atoms with Crippen LogP contribution in [0.15, 0.2) is 71.6 Å². The molecule has 3 aromatic rings. The minimum Gasteiger partial charge on any atom is -0.491 e. The van der Waals surface area contributed by atoms with Crippen molar-refractivity contribution in [2.24, 2.45) is 0 Å². The van der Waals surface area contributed by atoms with Crippen LogP contribution in [0.1, 0.15) is 25.0 Å². The fourth-order valence-corrected chi connectivity index (χ4v) is 5.14. The molecule has 0 heterocycles. The summed E-state index contributed by atoms with van der Waals surface area (Å²) in [5, 5.41) is 3.29. The van der Waals surface area contributed by atoms with Gasteiger partial charge in [0.1, 0.15) is 12.3 Å². The highest BCUT2D eigenvalue weighted by atomic mass is 35.5. The molecule has 0 spiro atoms. The van der Waals surface area contributed by atoms with Gasteiger partial charge in [0.2, 0.25) is 5.91 Å². The molecule has 3 rings (SSSR count).